The van der Waals surface area contributed by atoms with Crippen LogP contribution in [-0.4, -0.2) is 41.3 Å². The van der Waals surface area contributed by atoms with Crippen LogP contribution < -0.4 is 20.5 Å². The molecule has 0 saturated carbocycles. The van der Waals surface area contributed by atoms with Crippen molar-refractivity contribution in [3.8, 4) is 11.5 Å². The molecule has 0 aliphatic heterocycles. The van der Waals surface area contributed by atoms with Crippen LogP contribution in [0, 0.1) is 0 Å². The van der Waals surface area contributed by atoms with E-state index in [0.29, 0.717) is 22.9 Å². The van der Waals surface area contributed by atoms with Crippen LogP contribution in [0.2, 0.25) is 10.2 Å². The number of rotatable bonds is 8. The number of amides is 1. The maximum Gasteiger partial charge on any atom is 0.356 e. The lowest BCUT2D eigenvalue weighted by Gasteiger charge is -2.22. The lowest BCUT2D eigenvalue weighted by molar-refractivity contribution is 0.0690. The molecular weight excluding hydrogens is 511 g/mol. The molecule has 194 valence electrons. The van der Waals surface area contributed by atoms with E-state index in [-0.39, 0.29) is 32.9 Å². The summed E-state index contributed by atoms with van der Waals surface area (Å²) in [7, 11) is 3.01. The monoisotopic (exact) mass is 538 g/mol. The summed E-state index contributed by atoms with van der Waals surface area (Å²) in [5.74, 6) is -0.468. The number of aromatic carboxylic acids is 1. The molecule has 3 aromatic rings. The molecule has 2 aromatic heterocycles. The maximum absolute atomic E-state index is 12.6. The number of benzene rings is 1. The standard InChI is InChI=1S/C18H24N2O4.C6H4Cl2N2O2/c1-6-18(3,7-2)14-11-15(24-20-14)19-17(21)16-12(22-4)9-8-10-13(16)23-5;7-3-1-2(9)4(8)5(10-3)6(11)12/h8-11H,6-7H2,1-5H3,(H,19,21);1H,(H2,9,10)(H,11,12). The molecule has 0 fully saturated rings. The Hall–Kier alpha value is -3.50. The van der Waals surface area contributed by atoms with Gasteiger partial charge in [0.1, 0.15) is 22.2 Å². The third kappa shape index (κ3) is 6.58. The number of nitrogens with zero attached hydrogens (tertiary/aromatic N) is 2. The van der Waals surface area contributed by atoms with Crippen molar-refractivity contribution in [2.75, 3.05) is 25.3 Å². The van der Waals surface area contributed by atoms with E-state index < -0.39 is 5.97 Å². The highest BCUT2D eigenvalue weighted by Gasteiger charge is 2.27. The van der Waals surface area contributed by atoms with Crippen LogP contribution in [-0.2, 0) is 5.41 Å². The predicted molar refractivity (Wildman–Crippen MR) is 138 cm³/mol. The SMILES string of the molecule is CCC(C)(CC)c1cc(NC(=O)c2c(OC)cccc2OC)on1.Nc1cc(Cl)nc(C(=O)O)c1Cl. The topological polar surface area (TPSA) is 150 Å². The smallest absolute Gasteiger partial charge is 0.356 e. The molecule has 0 radical (unpaired) electrons. The second-order valence-corrected chi connectivity index (χ2v) is 8.60. The number of anilines is 2. The van der Waals surface area contributed by atoms with Gasteiger partial charge in [-0.1, -0.05) is 55.2 Å². The minimum Gasteiger partial charge on any atom is -0.496 e. The van der Waals surface area contributed by atoms with Gasteiger partial charge in [-0.3, -0.25) is 10.1 Å². The van der Waals surface area contributed by atoms with E-state index in [0.717, 1.165) is 18.5 Å². The van der Waals surface area contributed by atoms with Gasteiger partial charge in [-0.25, -0.2) is 9.78 Å². The molecule has 36 heavy (non-hydrogen) atoms. The molecule has 1 aromatic carbocycles. The molecule has 0 bridgehead atoms. The lowest BCUT2D eigenvalue weighted by atomic mass is 9.81. The van der Waals surface area contributed by atoms with Crippen molar-refractivity contribution in [1.82, 2.24) is 10.1 Å². The molecule has 0 spiro atoms. The van der Waals surface area contributed by atoms with E-state index in [4.69, 9.17) is 48.0 Å². The van der Waals surface area contributed by atoms with Crippen molar-refractivity contribution < 1.29 is 28.7 Å². The van der Waals surface area contributed by atoms with Crippen LogP contribution in [0.3, 0.4) is 0 Å². The Bertz CT molecular complexity index is 1210. The Labute approximate surface area is 218 Å². The second kappa shape index (κ2) is 12.5. The molecule has 0 aliphatic rings. The van der Waals surface area contributed by atoms with Gasteiger partial charge in [0.2, 0.25) is 5.88 Å². The van der Waals surface area contributed by atoms with Crippen LogP contribution >= 0.6 is 23.2 Å². The normalized spacial score (nSPS) is 10.8. The molecule has 12 heteroatoms. The number of methoxy groups -OCH3 is 2. The third-order valence-electron chi connectivity index (χ3n) is 5.74. The number of nitrogen functional groups attached to an aromatic ring is 1. The van der Waals surface area contributed by atoms with E-state index in [1.807, 2.05) is 0 Å². The van der Waals surface area contributed by atoms with E-state index in [2.05, 4.69) is 36.2 Å². The first-order valence-electron chi connectivity index (χ1n) is 10.9. The van der Waals surface area contributed by atoms with Crippen LogP contribution in [0.1, 0.15) is 60.2 Å². The van der Waals surface area contributed by atoms with Crippen LogP contribution in [0.25, 0.3) is 0 Å². The fraction of sp³-hybridized carbons (Fsp3) is 0.333. The third-order valence-corrected chi connectivity index (χ3v) is 6.33. The summed E-state index contributed by atoms with van der Waals surface area (Å²) >= 11 is 11.0. The van der Waals surface area contributed by atoms with E-state index >= 15 is 0 Å². The molecule has 10 nitrogen and oxygen atoms in total. The molecule has 4 N–H and O–H groups in total. The summed E-state index contributed by atoms with van der Waals surface area (Å²) in [4.78, 5) is 26.6. The largest absolute Gasteiger partial charge is 0.496 e. The number of carboxylic acid groups (broad SMARTS) is 1. The number of pyridine rings is 1. The minimum absolute atomic E-state index is 0.00861. The van der Waals surface area contributed by atoms with Gasteiger partial charge in [0.25, 0.3) is 5.91 Å². The average molecular weight is 539 g/mol. The second-order valence-electron chi connectivity index (χ2n) is 7.84. The van der Waals surface area contributed by atoms with Crippen molar-refractivity contribution in [1.29, 1.82) is 0 Å². The average Bonchev–Trinajstić information content (AvgIpc) is 3.34. The van der Waals surface area contributed by atoms with Gasteiger partial charge >= 0.3 is 5.97 Å². The Morgan fingerprint density at radius 2 is 1.72 bits per heavy atom. The predicted octanol–water partition coefficient (Wildman–Crippen LogP) is 5.69. The molecule has 3 rings (SSSR count). The van der Waals surface area contributed by atoms with Gasteiger partial charge < -0.3 is 24.8 Å². The highest BCUT2D eigenvalue weighted by molar-refractivity contribution is 6.36. The lowest BCUT2D eigenvalue weighted by Crippen LogP contribution is -2.19. The Morgan fingerprint density at radius 1 is 1.14 bits per heavy atom. The Balaban J connectivity index is 0.000000319. The number of nitrogens with one attached hydrogen (secondary N) is 1. The number of hydrogen-bond donors (Lipinski definition) is 3. The van der Waals surface area contributed by atoms with Gasteiger partial charge in [-0.15, -0.1) is 0 Å². The van der Waals surface area contributed by atoms with Gasteiger partial charge in [0.15, 0.2) is 5.69 Å². The van der Waals surface area contributed by atoms with Crippen LogP contribution in [0.4, 0.5) is 11.6 Å². The van der Waals surface area contributed by atoms with E-state index in [9.17, 15) is 9.59 Å². The number of hydrogen-bond acceptors (Lipinski definition) is 8. The van der Waals surface area contributed by atoms with Crippen LogP contribution in [0.5, 0.6) is 11.5 Å². The molecule has 0 unspecified atom stereocenters. The van der Waals surface area contributed by atoms with Crippen molar-refractivity contribution in [3.63, 3.8) is 0 Å². The zero-order valence-electron chi connectivity index (χ0n) is 20.5. The fourth-order valence-electron chi connectivity index (χ4n) is 3.14. The van der Waals surface area contributed by atoms with Gasteiger partial charge in [0, 0.05) is 11.5 Å². The quantitative estimate of drug-likeness (QED) is 0.307. The molecule has 0 saturated heterocycles. The zero-order valence-corrected chi connectivity index (χ0v) is 22.0. The number of halogens is 2. The maximum atomic E-state index is 12.6. The zero-order chi connectivity index (χ0) is 27.0. The van der Waals surface area contributed by atoms with E-state index in [1.165, 1.54) is 20.3 Å². The molecule has 1 amide bonds. The highest BCUT2D eigenvalue weighted by Crippen LogP contribution is 2.33. The number of carbonyl (C=O) groups is 2. The summed E-state index contributed by atoms with van der Waals surface area (Å²) in [5.41, 5.74) is 6.18. The Kier molecular flexibility index (Phi) is 9.94. The van der Waals surface area contributed by atoms with Crippen molar-refractivity contribution in [3.05, 3.63) is 57.5 Å². The summed E-state index contributed by atoms with van der Waals surface area (Å²) < 4.78 is 15.8. The number of aromatic nitrogens is 2. The number of nitrogens with two attached hydrogens (primary N) is 1. The summed E-state index contributed by atoms with van der Waals surface area (Å²) in [6.07, 6.45) is 1.87. The fourth-order valence-corrected chi connectivity index (χ4v) is 3.52. The van der Waals surface area contributed by atoms with Gasteiger partial charge in [-0.2, -0.15) is 0 Å². The summed E-state index contributed by atoms with van der Waals surface area (Å²) in [5, 5.41) is 15.3. The number of carbonyl (C=O) groups excluding carboxylic acids is 1. The first kappa shape index (κ1) is 28.7. The number of ether oxygens (including phenoxy) is 2. The molecule has 0 aliphatic carbocycles. The van der Waals surface area contributed by atoms with Crippen molar-refractivity contribution in [2.45, 2.75) is 39.0 Å². The number of carboxylic acids is 1. The summed E-state index contributed by atoms with van der Waals surface area (Å²) in [6.45, 7) is 6.34. The van der Waals surface area contributed by atoms with Crippen molar-refractivity contribution >= 4 is 46.6 Å². The minimum atomic E-state index is -1.26. The molecule has 0 atom stereocenters. The first-order chi connectivity index (χ1) is 17.0. The van der Waals surface area contributed by atoms with Crippen LogP contribution in [0.15, 0.2) is 34.9 Å². The van der Waals surface area contributed by atoms with Gasteiger partial charge in [0.05, 0.1) is 30.6 Å². The Morgan fingerprint density at radius 3 is 2.22 bits per heavy atom. The molecular formula is C24H28Cl2N4O6. The van der Waals surface area contributed by atoms with Gasteiger partial charge in [-0.05, 0) is 31.0 Å². The first-order valence-corrected chi connectivity index (χ1v) is 11.6. The highest BCUT2D eigenvalue weighted by atomic mass is 35.5. The summed E-state index contributed by atoms with van der Waals surface area (Å²) in [6, 6.07) is 8.22. The van der Waals surface area contributed by atoms with Crippen molar-refractivity contribution in [2.24, 2.45) is 0 Å². The van der Waals surface area contributed by atoms with E-state index in [1.54, 1.807) is 24.3 Å². The molecule has 2 heterocycles.